The molecule has 1 aliphatic carbocycles. The normalized spacial score (nSPS) is 18.4. The van der Waals surface area contributed by atoms with Gasteiger partial charge in [-0.1, -0.05) is 50.1 Å². The molecule has 1 fully saturated rings. The highest BCUT2D eigenvalue weighted by Crippen LogP contribution is 2.27. The third kappa shape index (κ3) is 3.83. The van der Waals surface area contributed by atoms with E-state index >= 15 is 0 Å². The summed E-state index contributed by atoms with van der Waals surface area (Å²) in [6.07, 6.45) is 4.41. The molecular formula is C17H26N2O2. The molecule has 0 aromatic heterocycles. The Bertz CT molecular complexity index is 443. The van der Waals surface area contributed by atoms with Gasteiger partial charge in [0.25, 0.3) is 0 Å². The number of aliphatic hydroxyl groups excluding tert-OH is 1. The Balaban J connectivity index is 2.08. The van der Waals surface area contributed by atoms with Gasteiger partial charge < -0.3 is 15.7 Å². The SMILES string of the molecule is CC(C(=O)N(CCO)C1CCCC1)C(N)c1ccccc1. The second kappa shape index (κ2) is 7.57. The van der Waals surface area contributed by atoms with Crippen LogP contribution in [0.4, 0.5) is 0 Å². The van der Waals surface area contributed by atoms with E-state index in [0.717, 1.165) is 18.4 Å². The van der Waals surface area contributed by atoms with Gasteiger partial charge in [0.15, 0.2) is 0 Å². The van der Waals surface area contributed by atoms with E-state index in [-0.39, 0.29) is 30.5 Å². The molecule has 2 atom stereocenters. The average molecular weight is 290 g/mol. The summed E-state index contributed by atoms with van der Waals surface area (Å²) >= 11 is 0. The number of hydrogen-bond donors (Lipinski definition) is 2. The van der Waals surface area contributed by atoms with E-state index in [0.29, 0.717) is 6.54 Å². The predicted molar refractivity (Wildman–Crippen MR) is 83.6 cm³/mol. The van der Waals surface area contributed by atoms with E-state index in [9.17, 15) is 9.90 Å². The largest absolute Gasteiger partial charge is 0.395 e. The van der Waals surface area contributed by atoms with E-state index in [1.54, 1.807) is 0 Å². The highest BCUT2D eigenvalue weighted by molar-refractivity contribution is 5.79. The van der Waals surface area contributed by atoms with Crippen molar-refractivity contribution in [2.24, 2.45) is 11.7 Å². The molecule has 116 valence electrons. The van der Waals surface area contributed by atoms with Crippen LogP contribution in [0.2, 0.25) is 0 Å². The standard InChI is InChI=1S/C17H26N2O2/c1-13(16(18)14-7-3-2-4-8-14)17(21)19(11-12-20)15-9-5-6-10-15/h2-4,7-8,13,15-16,20H,5-6,9-12,18H2,1H3. The molecule has 1 aromatic carbocycles. The minimum atomic E-state index is -0.304. The molecular weight excluding hydrogens is 264 g/mol. The summed E-state index contributed by atoms with van der Waals surface area (Å²) < 4.78 is 0. The maximum Gasteiger partial charge on any atom is 0.227 e. The van der Waals surface area contributed by atoms with Crippen LogP contribution in [-0.2, 0) is 4.79 Å². The summed E-state index contributed by atoms with van der Waals surface area (Å²) in [6, 6.07) is 9.71. The second-order valence-corrected chi connectivity index (χ2v) is 5.92. The van der Waals surface area contributed by atoms with Crippen molar-refractivity contribution in [2.45, 2.75) is 44.7 Å². The van der Waals surface area contributed by atoms with Crippen molar-refractivity contribution in [3.8, 4) is 0 Å². The van der Waals surface area contributed by atoms with Gasteiger partial charge >= 0.3 is 0 Å². The van der Waals surface area contributed by atoms with Crippen LogP contribution < -0.4 is 5.73 Å². The summed E-state index contributed by atoms with van der Waals surface area (Å²) in [4.78, 5) is 14.6. The number of aliphatic hydroxyl groups is 1. The Labute approximate surface area is 126 Å². The number of nitrogens with zero attached hydrogens (tertiary/aromatic N) is 1. The van der Waals surface area contributed by atoms with Crippen LogP contribution in [-0.4, -0.2) is 35.1 Å². The maximum atomic E-state index is 12.8. The van der Waals surface area contributed by atoms with Gasteiger partial charge in [-0.25, -0.2) is 0 Å². The Morgan fingerprint density at radius 3 is 2.52 bits per heavy atom. The lowest BCUT2D eigenvalue weighted by Crippen LogP contribution is -2.45. The zero-order valence-electron chi connectivity index (χ0n) is 12.7. The average Bonchev–Trinajstić information content (AvgIpc) is 3.05. The lowest BCUT2D eigenvalue weighted by Gasteiger charge is -2.32. The molecule has 0 aliphatic heterocycles. The molecule has 0 saturated heterocycles. The number of carbonyl (C=O) groups is 1. The first kappa shape index (κ1) is 16.0. The molecule has 0 bridgehead atoms. The summed E-state index contributed by atoms with van der Waals surface area (Å²) in [5.74, 6) is -0.216. The van der Waals surface area contributed by atoms with Crippen LogP contribution >= 0.6 is 0 Å². The third-order valence-electron chi connectivity index (χ3n) is 4.50. The van der Waals surface area contributed by atoms with Crippen LogP contribution in [0.25, 0.3) is 0 Å². The van der Waals surface area contributed by atoms with Crippen molar-refractivity contribution < 1.29 is 9.90 Å². The van der Waals surface area contributed by atoms with Crippen LogP contribution in [0, 0.1) is 5.92 Å². The van der Waals surface area contributed by atoms with Crippen molar-refractivity contribution in [2.75, 3.05) is 13.2 Å². The third-order valence-corrected chi connectivity index (χ3v) is 4.50. The molecule has 4 heteroatoms. The molecule has 21 heavy (non-hydrogen) atoms. The van der Waals surface area contributed by atoms with Crippen LogP contribution in [0.3, 0.4) is 0 Å². The summed E-state index contributed by atoms with van der Waals surface area (Å²) in [5, 5.41) is 9.26. The van der Waals surface area contributed by atoms with Crippen molar-refractivity contribution in [1.82, 2.24) is 4.90 Å². The molecule has 1 aromatic rings. The molecule has 1 amide bonds. The fourth-order valence-electron chi connectivity index (χ4n) is 3.18. The van der Waals surface area contributed by atoms with Crippen LogP contribution in [0.15, 0.2) is 30.3 Å². The Morgan fingerprint density at radius 1 is 1.33 bits per heavy atom. The molecule has 1 saturated carbocycles. The van der Waals surface area contributed by atoms with Gasteiger partial charge in [0.1, 0.15) is 0 Å². The maximum absolute atomic E-state index is 12.8. The van der Waals surface area contributed by atoms with Crippen molar-refractivity contribution in [3.05, 3.63) is 35.9 Å². The van der Waals surface area contributed by atoms with Gasteiger partial charge in [0.05, 0.1) is 12.5 Å². The quantitative estimate of drug-likeness (QED) is 0.843. The predicted octanol–water partition coefficient (Wildman–Crippen LogP) is 2.09. The molecule has 2 rings (SSSR count). The van der Waals surface area contributed by atoms with E-state index in [4.69, 9.17) is 5.73 Å². The molecule has 2 unspecified atom stereocenters. The first-order valence-electron chi connectivity index (χ1n) is 7.87. The topological polar surface area (TPSA) is 66.6 Å². The number of rotatable bonds is 6. The zero-order chi connectivity index (χ0) is 15.2. The molecule has 0 heterocycles. The summed E-state index contributed by atoms with van der Waals surface area (Å²) in [7, 11) is 0. The van der Waals surface area contributed by atoms with Crippen LogP contribution in [0.1, 0.15) is 44.2 Å². The van der Waals surface area contributed by atoms with E-state index < -0.39 is 0 Å². The zero-order valence-corrected chi connectivity index (χ0v) is 12.7. The number of carbonyl (C=O) groups excluding carboxylic acids is 1. The van der Waals surface area contributed by atoms with Crippen molar-refractivity contribution >= 4 is 5.91 Å². The fraction of sp³-hybridized carbons (Fsp3) is 0.588. The lowest BCUT2D eigenvalue weighted by atomic mass is 9.93. The second-order valence-electron chi connectivity index (χ2n) is 5.92. The van der Waals surface area contributed by atoms with E-state index in [1.165, 1.54) is 12.8 Å². The first-order chi connectivity index (χ1) is 10.1. The smallest absolute Gasteiger partial charge is 0.227 e. The molecule has 3 N–H and O–H groups in total. The monoisotopic (exact) mass is 290 g/mol. The van der Waals surface area contributed by atoms with Gasteiger partial charge in [-0.3, -0.25) is 4.79 Å². The number of nitrogens with two attached hydrogens (primary N) is 1. The van der Waals surface area contributed by atoms with Gasteiger partial charge in [-0.05, 0) is 18.4 Å². The number of benzene rings is 1. The Morgan fingerprint density at radius 2 is 1.95 bits per heavy atom. The number of hydrogen-bond acceptors (Lipinski definition) is 3. The number of amides is 1. The molecule has 4 nitrogen and oxygen atoms in total. The van der Waals surface area contributed by atoms with Crippen molar-refractivity contribution in [1.29, 1.82) is 0 Å². The van der Waals surface area contributed by atoms with Crippen LogP contribution in [0.5, 0.6) is 0 Å². The van der Waals surface area contributed by atoms with Gasteiger partial charge in [-0.2, -0.15) is 0 Å². The highest BCUT2D eigenvalue weighted by atomic mass is 16.3. The molecule has 0 spiro atoms. The van der Waals surface area contributed by atoms with E-state index in [1.807, 2.05) is 42.2 Å². The lowest BCUT2D eigenvalue weighted by molar-refractivity contribution is -0.138. The van der Waals surface area contributed by atoms with Gasteiger partial charge in [0, 0.05) is 18.6 Å². The first-order valence-corrected chi connectivity index (χ1v) is 7.87. The van der Waals surface area contributed by atoms with Gasteiger partial charge in [0.2, 0.25) is 5.91 Å². The minimum Gasteiger partial charge on any atom is -0.395 e. The van der Waals surface area contributed by atoms with E-state index in [2.05, 4.69) is 0 Å². The molecule has 1 aliphatic rings. The Hall–Kier alpha value is -1.39. The molecule has 0 radical (unpaired) electrons. The summed E-state index contributed by atoms with van der Waals surface area (Å²) in [5.41, 5.74) is 7.24. The Kier molecular flexibility index (Phi) is 5.76. The van der Waals surface area contributed by atoms with Gasteiger partial charge in [-0.15, -0.1) is 0 Å². The summed E-state index contributed by atoms with van der Waals surface area (Å²) in [6.45, 7) is 2.31. The van der Waals surface area contributed by atoms with Crippen molar-refractivity contribution in [3.63, 3.8) is 0 Å². The fourth-order valence-corrected chi connectivity index (χ4v) is 3.18. The highest BCUT2D eigenvalue weighted by Gasteiger charge is 2.31. The minimum absolute atomic E-state index is 0.00946.